The Morgan fingerprint density at radius 3 is 2.79 bits per heavy atom. The molecule has 1 N–H and O–H groups in total. The van der Waals surface area contributed by atoms with Gasteiger partial charge in [0.1, 0.15) is 17.9 Å². The summed E-state index contributed by atoms with van der Waals surface area (Å²) in [6.45, 7) is 6.94. The minimum absolute atomic E-state index is 0.173. The Balaban J connectivity index is 2.12. The van der Waals surface area contributed by atoms with Gasteiger partial charge in [0.25, 0.3) is 5.78 Å². The summed E-state index contributed by atoms with van der Waals surface area (Å²) in [6, 6.07) is 1.55. The minimum atomic E-state index is -4.75. The first-order valence-corrected chi connectivity index (χ1v) is 6.98. The molecule has 0 aliphatic heterocycles. The fourth-order valence-corrected chi connectivity index (χ4v) is 1.82. The zero-order chi connectivity index (χ0) is 17.7. The van der Waals surface area contributed by atoms with Crippen molar-refractivity contribution in [3.63, 3.8) is 0 Å². The third-order valence-corrected chi connectivity index (χ3v) is 3.17. The maximum atomic E-state index is 12.2. The van der Waals surface area contributed by atoms with Crippen molar-refractivity contribution in [2.75, 3.05) is 5.32 Å². The van der Waals surface area contributed by atoms with Gasteiger partial charge in [0.05, 0.1) is 0 Å². The first kappa shape index (κ1) is 17.5. The van der Waals surface area contributed by atoms with Crippen molar-refractivity contribution in [3.8, 4) is 0 Å². The molecular weight excluding hydrogens is 323 g/mol. The van der Waals surface area contributed by atoms with E-state index in [-0.39, 0.29) is 11.8 Å². The Labute approximate surface area is 136 Å². The van der Waals surface area contributed by atoms with Gasteiger partial charge in [0.15, 0.2) is 0 Å². The largest absolute Gasteiger partial charge is 0.573 e. The Bertz CT molecular complexity index is 779. The van der Waals surface area contributed by atoms with Crippen LogP contribution in [-0.4, -0.2) is 32.0 Å². The number of nitrogens with one attached hydrogen (secondary N) is 1. The predicted molar refractivity (Wildman–Crippen MR) is 83.0 cm³/mol. The topological polar surface area (TPSA) is 64.3 Å². The minimum Gasteiger partial charge on any atom is -0.406 e. The molecule has 0 bridgehead atoms. The molecule has 0 saturated heterocycles. The number of fused-ring (bicyclic) bond motifs is 1. The standard InChI is InChI=1S/C15H16F3N5O/c1-4-12(24-15(16,17)18)6-5-10(2)11(3)22-13-7-8-19-14-20-9-21-23(13)14/h4-9,11,22H,1H2,2-3H3/b10-5+,12-6+. The molecule has 0 aliphatic rings. The van der Waals surface area contributed by atoms with Crippen molar-refractivity contribution < 1.29 is 17.9 Å². The highest BCUT2D eigenvalue weighted by Gasteiger charge is 2.31. The van der Waals surface area contributed by atoms with Gasteiger partial charge < -0.3 is 10.1 Å². The van der Waals surface area contributed by atoms with Gasteiger partial charge in [0.2, 0.25) is 0 Å². The first-order chi connectivity index (χ1) is 11.3. The number of aromatic nitrogens is 4. The van der Waals surface area contributed by atoms with E-state index in [0.717, 1.165) is 11.6 Å². The Kier molecular flexibility index (Phi) is 5.22. The van der Waals surface area contributed by atoms with E-state index in [2.05, 4.69) is 31.7 Å². The number of halogens is 3. The highest BCUT2D eigenvalue weighted by molar-refractivity contribution is 5.44. The quantitative estimate of drug-likeness (QED) is 0.645. The second-order valence-corrected chi connectivity index (χ2v) is 4.90. The SMILES string of the molecule is C=C/C(=C\C=C(/C)C(C)Nc1ccnc2ncnn12)OC(F)(F)F. The monoisotopic (exact) mass is 339 g/mol. The van der Waals surface area contributed by atoms with Crippen molar-refractivity contribution in [1.82, 2.24) is 19.6 Å². The highest BCUT2D eigenvalue weighted by atomic mass is 19.4. The summed E-state index contributed by atoms with van der Waals surface area (Å²) in [4.78, 5) is 8.03. The molecule has 0 radical (unpaired) electrons. The second kappa shape index (κ2) is 7.16. The molecule has 2 aromatic rings. The van der Waals surface area contributed by atoms with Crippen LogP contribution in [0.4, 0.5) is 19.0 Å². The van der Waals surface area contributed by atoms with Crippen LogP contribution in [0.3, 0.4) is 0 Å². The van der Waals surface area contributed by atoms with Crippen molar-refractivity contribution in [1.29, 1.82) is 0 Å². The number of nitrogens with zero attached hydrogens (tertiary/aromatic N) is 4. The molecule has 0 amide bonds. The Hall–Kier alpha value is -2.84. The number of ether oxygens (including phenoxy) is 1. The van der Waals surface area contributed by atoms with Gasteiger partial charge >= 0.3 is 6.36 Å². The lowest BCUT2D eigenvalue weighted by Gasteiger charge is -2.16. The van der Waals surface area contributed by atoms with E-state index in [1.165, 1.54) is 23.0 Å². The fourth-order valence-electron chi connectivity index (χ4n) is 1.82. The summed E-state index contributed by atoms with van der Waals surface area (Å²) < 4.78 is 42.0. The number of anilines is 1. The van der Waals surface area contributed by atoms with Gasteiger partial charge in [0, 0.05) is 12.2 Å². The number of hydrogen-bond acceptors (Lipinski definition) is 5. The highest BCUT2D eigenvalue weighted by Crippen LogP contribution is 2.21. The van der Waals surface area contributed by atoms with E-state index >= 15 is 0 Å². The van der Waals surface area contributed by atoms with Crippen molar-refractivity contribution in [2.24, 2.45) is 0 Å². The van der Waals surface area contributed by atoms with E-state index in [9.17, 15) is 13.2 Å². The number of alkyl halides is 3. The molecule has 0 aliphatic carbocycles. The van der Waals surface area contributed by atoms with E-state index in [4.69, 9.17) is 0 Å². The fraction of sp³-hybridized carbons (Fsp3) is 0.267. The third kappa shape index (κ3) is 4.58. The molecule has 9 heteroatoms. The van der Waals surface area contributed by atoms with Crippen LogP contribution in [0.5, 0.6) is 0 Å². The zero-order valence-electron chi connectivity index (χ0n) is 13.1. The van der Waals surface area contributed by atoms with E-state index in [0.29, 0.717) is 11.6 Å². The van der Waals surface area contributed by atoms with Crippen LogP contribution in [0.1, 0.15) is 13.8 Å². The van der Waals surface area contributed by atoms with E-state index < -0.39 is 6.36 Å². The van der Waals surface area contributed by atoms with Crippen LogP contribution in [0.25, 0.3) is 5.78 Å². The smallest absolute Gasteiger partial charge is 0.406 e. The molecule has 1 atom stereocenters. The van der Waals surface area contributed by atoms with Crippen LogP contribution in [-0.2, 0) is 4.74 Å². The molecule has 0 aromatic carbocycles. The normalized spacial score (nSPS) is 14.5. The zero-order valence-corrected chi connectivity index (χ0v) is 13.1. The van der Waals surface area contributed by atoms with Crippen LogP contribution >= 0.6 is 0 Å². The number of hydrogen-bond donors (Lipinski definition) is 1. The molecule has 0 spiro atoms. The lowest BCUT2D eigenvalue weighted by atomic mass is 10.1. The molecule has 0 fully saturated rings. The Morgan fingerprint density at radius 2 is 2.12 bits per heavy atom. The second-order valence-electron chi connectivity index (χ2n) is 4.90. The first-order valence-electron chi connectivity index (χ1n) is 6.98. The lowest BCUT2D eigenvalue weighted by Crippen LogP contribution is -2.19. The van der Waals surface area contributed by atoms with Gasteiger partial charge in [-0.2, -0.15) is 14.6 Å². The number of rotatable bonds is 6. The summed E-state index contributed by atoms with van der Waals surface area (Å²) in [7, 11) is 0. The summed E-state index contributed by atoms with van der Waals surface area (Å²) in [5.41, 5.74) is 0.783. The molecule has 24 heavy (non-hydrogen) atoms. The molecule has 128 valence electrons. The van der Waals surface area contributed by atoms with Gasteiger partial charge in [-0.3, -0.25) is 0 Å². The van der Waals surface area contributed by atoms with Crippen molar-refractivity contribution in [2.45, 2.75) is 26.3 Å². The molecule has 0 saturated carbocycles. The number of allylic oxidation sites excluding steroid dienone is 3. The van der Waals surface area contributed by atoms with Gasteiger partial charge in [-0.15, -0.1) is 13.2 Å². The molecule has 1 unspecified atom stereocenters. The van der Waals surface area contributed by atoms with Gasteiger partial charge in [-0.05, 0) is 32.1 Å². The van der Waals surface area contributed by atoms with Crippen LogP contribution in [0, 0.1) is 0 Å². The van der Waals surface area contributed by atoms with E-state index in [1.54, 1.807) is 19.2 Å². The molecule has 2 rings (SSSR count). The maximum absolute atomic E-state index is 12.2. The summed E-state index contributed by atoms with van der Waals surface area (Å²) >= 11 is 0. The van der Waals surface area contributed by atoms with E-state index in [1.807, 2.05) is 6.92 Å². The van der Waals surface area contributed by atoms with Crippen LogP contribution in [0.15, 0.2) is 54.7 Å². The van der Waals surface area contributed by atoms with Crippen LogP contribution in [0.2, 0.25) is 0 Å². The van der Waals surface area contributed by atoms with Crippen LogP contribution < -0.4 is 5.32 Å². The average molecular weight is 339 g/mol. The summed E-state index contributed by atoms with van der Waals surface area (Å²) in [5.74, 6) is 0.732. The predicted octanol–water partition coefficient (Wildman–Crippen LogP) is 3.48. The molecule has 2 heterocycles. The Morgan fingerprint density at radius 1 is 1.38 bits per heavy atom. The summed E-state index contributed by atoms with van der Waals surface area (Å²) in [5, 5.41) is 7.24. The third-order valence-electron chi connectivity index (χ3n) is 3.17. The van der Waals surface area contributed by atoms with Crippen molar-refractivity contribution in [3.05, 3.63) is 54.7 Å². The van der Waals surface area contributed by atoms with Gasteiger partial charge in [-0.1, -0.05) is 18.2 Å². The lowest BCUT2D eigenvalue weighted by molar-refractivity contribution is -0.303. The maximum Gasteiger partial charge on any atom is 0.573 e. The van der Waals surface area contributed by atoms with Crippen molar-refractivity contribution >= 4 is 11.6 Å². The average Bonchev–Trinajstić information content (AvgIpc) is 2.99. The summed E-state index contributed by atoms with van der Waals surface area (Å²) in [6.07, 6.45) is 1.96. The molecule has 2 aromatic heterocycles. The molecule has 6 nitrogen and oxygen atoms in total. The molecular formula is C15H16F3N5O. The van der Waals surface area contributed by atoms with Gasteiger partial charge in [-0.25, -0.2) is 4.98 Å².